The predicted molar refractivity (Wildman–Crippen MR) is 103 cm³/mol. The maximum absolute atomic E-state index is 12.6. The Morgan fingerprint density at radius 3 is 1.82 bits per heavy atom. The van der Waals surface area contributed by atoms with Crippen molar-refractivity contribution in [1.29, 1.82) is 0 Å². The number of phenolic OH excluding ortho intramolecular Hbond substituents is 1. The fourth-order valence-corrected chi connectivity index (χ4v) is 2.43. The Morgan fingerprint density at radius 1 is 0.786 bits per heavy atom. The number of aromatic hydroxyl groups is 1. The van der Waals surface area contributed by atoms with Crippen LogP contribution in [0.4, 0.5) is 18.9 Å². The van der Waals surface area contributed by atoms with E-state index in [1.807, 2.05) is 0 Å². The van der Waals surface area contributed by atoms with Gasteiger partial charge in [0, 0.05) is 5.69 Å². The molecule has 4 nitrogen and oxygen atoms in total. The van der Waals surface area contributed by atoms with Crippen LogP contribution < -0.4 is 14.8 Å². The van der Waals surface area contributed by atoms with E-state index in [0.29, 0.717) is 22.9 Å². The molecule has 28 heavy (non-hydrogen) atoms. The van der Waals surface area contributed by atoms with Gasteiger partial charge in [-0.05, 0) is 85.0 Å². The molecule has 0 saturated heterocycles. The Bertz CT molecular complexity index is 940. The van der Waals surface area contributed by atoms with Gasteiger partial charge in [0.2, 0.25) is 0 Å². The highest BCUT2D eigenvalue weighted by Gasteiger charge is 2.30. The average molecular weight is 405 g/mol. The van der Waals surface area contributed by atoms with E-state index >= 15 is 0 Å². The van der Waals surface area contributed by atoms with E-state index < -0.39 is 11.7 Å². The van der Waals surface area contributed by atoms with Crippen molar-refractivity contribution in [3.63, 3.8) is 0 Å². The summed E-state index contributed by atoms with van der Waals surface area (Å²) in [7, 11) is 0. The van der Waals surface area contributed by atoms with Gasteiger partial charge >= 0.3 is 6.18 Å². The summed E-state index contributed by atoms with van der Waals surface area (Å²) in [6.45, 7) is 0. The van der Waals surface area contributed by atoms with Crippen LogP contribution in [0.2, 0.25) is 0 Å². The van der Waals surface area contributed by atoms with Gasteiger partial charge in [-0.3, -0.25) is 0 Å². The molecule has 2 N–H and O–H groups in total. The van der Waals surface area contributed by atoms with Crippen molar-refractivity contribution in [2.45, 2.75) is 6.18 Å². The van der Waals surface area contributed by atoms with E-state index in [0.717, 1.165) is 12.1 Å². The number of anilines is 1. The summed E-state index contributed by atoms with van der Waals surface area (Å²) >= 11 is 5.11. The van der Waals surface area contributed by atoms with Crippen LogP contribution in [0.15, 0.2) is 72.8 Å². The minimum absolute atomic E-state index is 0.113. The van der Waals surface area contributed by atoms with Gasteiger partial charge in [0.05, 0.1) is 5.56 Å². The third-order valence-corrected chi connectivity index (χ3v) is 3.75. The lowest BCUT2D eigenvalue weighted by Gasteiger charge is -2.11. The van der Waals surface area contributed by atoms with Crippen molar-refractivity contribution < 1.29 is 27.8 Å². The topological polar surface area (TPSA) is 50.7 Å². The molecule has 0 aliphatic heterocycles. The summed E-state index contributed by atoms with van der Waals surface area (Å²) in [5, 5.41) is 12.2. The fourth-order valence-electron chi connectivity index (χ4n) is 2.22. The smallest absolute Gasteiger partial charge is 0.416 e. The first kappa shape index (κ1) is 19.5. The van der Waals surface area contributed by atoms with Crippen molar-refractivity contribution in [2.24, 2.45) is 0 Å². The number of ether oxygens (including phenoxy) is 2. The van der Waals surface area contributed by atoms with Crippen LogP contribution in [0.25, 0.3) is 0 Å². The van der Waals surface area contributed by atoms with E-state index in [9.17, 15) is 18.3 Å². The molecule has 0 bridgehead atoms. The summed E-state index contributed by atoms with van der Waals surface area (Å²) in [5.74, 6) is 1.34. The second-order valence-electron chi connectivity index (χ2n) is 5.66. The van der Waals surface area contributed by atoms with Gasteiger partial charge < -0.3 is 19.9 Å². The average Bonchev–Trinajstić information content (AvgIpc) is 2.65. The zero-order valence-electron chi connectivity index (χ0n) is 14.2. The van der Waals surface area contributed by atoms with Crippen molar-refractivity contribution >= 4 is 23.1 Å². The number of benzene rings is 3. The number of halogens is 3. The van der Waals surface area contributed by atoms with E-state index in [-0.39, 0.29) is 10.9 Å². The molecule has 0 radical (unpaired) electrons. The normalized spacial score (nSPS) is 11.0. The number of phenols is 1. The summed E-state index contributed by atoms with van der Waals surface area (Å²) in [5.41, 5.74) is -0.0925. The molecule has 3 aromatic carbocycles. The largest absolute Gasteiger partial charge is 0.508 e. The van der Waals surface area contributed by atoms with Crippen LogP contribution in [-0.4, -0.2) is 10.3 Å². The molecule has 0 unspecified atom stereocenters. The maximum atomic E-state index is 12.6. The number of alkyl halides is 3. The minimum atomic E-state index is -4.38. The molecule has 3 rings (SSSR count). The van der Waals surface area contributed by atoms with Crippen LogP contribution >= 0.6 is 12.2 Å². The summed E-state index contributed by atoms with van der Waals surface area (Å²) < 4.78 is 48.7. The molecule has 0 amide bonds. The van der Waals surface area contributed by atoms with E-state index in [1.54, 1.807) is 36.4 Å². The Kier molecular flexibility index (Phi) is 5.70. The van der Waals surface area contributed by atoms with Crippen LogP contribution in [0.1, 0.15) is 5.56 Å². The molecule has 0 aromatic heterocycles. The summed E-state index contributed by atoms with van der Waals surface area (Å²) in [6.07, 6.45) is -4.38. The standard InChI is InChI=1S/C20H14F3NO3S/c21-20(22,23)13-1-7-16(8-2-13)26-17-9-3-14(4-10-17)24-19(28)27-18-11-5-15(25)6-12-18/h1-12,25H,(H,24,28). The molecule has 0 heterocycles. The predicted octanol–water partition coefficient (Wildman–Crippen LogP) is 5.98. The van der Waals surface area contributed by atoms with E-state index in [2.05, 4.69) is 5.32 Å². The van der Waals surface area contributed by atoms with Crippen molar-refractivity contribution in [3.8, 4) is 23.0 Å². The lowest BCUT2D eigenvalue weighted by Crippen LogP contribution is -2.16. The Balaban J connectivity index is 1.57. The molecule has 0 spiro atoms. The van der Waals surface area contributed by atoms with Gasteiger partial charge in [-0.15, -0.1) is 0 Å². The molecule has 0 aliphatic rings. The second-order valence-corrected chi connectivity index (χ2v) is 6.03. The molecular weight excluding hydrogens is 391 g/mol. The highest BCUT2D eigenvalue weighted by molar-refractivity contribution is 7.80. The Hall–Kier alpha value is -3.26. The van der Waals surface area contributed by atoms with Crippen LogP contribution in [0, 0.1) is 0 Å². The summed E-state index contributed by atoms with van der Waals surface area (Å²) in [4.78, 5) is 0. The number of thiocarbonyl (C=S) groups is 1. The van der Waals surface area contributed by atoms with Crippen LogP contribution in [0.5, 0.6) is 23.0 Å². The summed E-state index contributed by atoms with van der Waals surface area (Å²) in [6, 6.07) is 17.2. The van der Waals surface area contributed by atoms with Gasteiger partial charge in [0.25, 0.3) is 5.17 Å². The number of nitrogens with one attached hydrogen (secondary N) is 1. The highest BCUT2D eigenvalue weighted by Crippen LogP contribution is 2.31. The first-order valence-electron chi connectivity index (χ1n) is 8.03. The minimum Gasteiger partial charge on any atom is -0.508 e. The molecule has 0 atom stereocenters. The lowest BCUT2D eigenvalue weighted by atomic mass is 10.2. The lowest BCUT2D eigenvalue weighted by molar-refractivity contribution is -0.137. The first-order chi connectivity index (χ1) is 13.3. The van der Waals surface area contributed by atoms with Crippen molar-refractivity contribution in [2.75, 3.05) is 5.32 Å². The van der Waals surface area contributed by atoms with Crippen molar-refractivity contribution in [3.05, 3.63) is 78.4 Å². The van der Waals surface area contributed by atoms with Crippen molar-refractivity contribution in [1.82, 2.24) is 0 Å². The SMILES string of the molecule is Oc1ccc(OC(=S)Nc2ccc(Oc3ccc(C(F)(F)F)cc3)cc2)cc1. The third-order valence-electron chi connectivity index (χ3n) is 3.57. The Labute approximate surface area is 164 Å². The maximum Gasteiger partial charge on any atom is 0.416 e. The van der Waals surface area contributed by atoms with Gasteiger partial charge in [-0.1, -0.05) is 0 Å². The van der Waals surface area contributed by atoms with Gasteiger partial charge in [-0.2, -0.15) is 13.2 Å². The molecule has 3 aromatic rings. The molecule has 0 aliphatic carbocycles. The van der Waals surface area contributed by atoms with Gasteiger partial charge in [-0.25, -0.2) is 0 Å². The van der Waals surface area contributed by atoms with E-state index in [1.165, 1.54) is 24.3 Å². The van der Waals surface area contributed by atoms with Gasteiger partial charge in [0.15, 0.2) is 0 Å². The number of hydrogen-bond acceptors (Lipinski definition) is 4. The van der Waals surface area contributed by atoms with Crippen LogP contribution in [-0.2, 0) is 6.18 Å². The highest BCUT2D eigenvalue weighted by atomic mass is 32.1. The number of rotatable bonds is 4. The zero-order chi connectivity index (χ0) is 20.1. The van der Waals surface area contributed by atoms with Gasteiger partial charge in [0.1, 0.15) is 23.0 Å². The molecule has 0 fully saturated rings. The molecular formula is C20H14F3NO3S. The zero-order valence-corrected chi connectivity index (χ0v) is 15.1. The van der Waals surface area contributed by atoms with Crippen LogP contribution in [0.3, 0.4) is 0 Å². The number of hydrogen-bond donors (Lipinski definition) is 2. The molecule has 144 valence electrons. The first-order valence-corrected chi connectivity index (χ1v) is 8.43. The monoisotopic (exact) mass is 405 g/mol. The Morgan fingerprint density at radius 2 is 1.29 bits per heavy atom. The second kappa shape index (κ2) is 8.18. The fraction of sp³-hybridized carbons (Fsp3) is 0.0500. The quantitative estimate of drug-likeness (QED) is 0.523. The molecule has 8 heteroatoms. The van der Waals surface area contributed by atoms with E-state index in [4.69, 9.17) is 21.7 Å². The molecule has 0 saturated carbocycles. The third kappa shape index (κ3) is 5.37.